The van der Waals surface area contributed by atoms with Gasteiger partial charge in [-0.05, 0) is 52.9 Å². The number of urea groups is 1. The molecule has 0 aliphatic carbocycles. The van der Waals surface area contributed by atoms with E-state index in [2.05, 4.69) is 20.5 Å². The van der Waals surface area contributed by atoms with E-state index in [1.165, 1.54) is 0 Å². The number of aromatic nitrogens is 1. The maximum Gasteiger partial charge on any atom is 0.416 e. The van der Waals surface area contributed by atoms with Crippen molar-refractivity contribution in [2.45, 2.75) is 6.18 Å². The molecule has 0 atom stereocenters. The standard InChI is InChI=1S/C27H23F4N5O2/c28-22-9-6-17(27(29,30)31)14-23(22)34-26(37)33-18-7-4-16(5-8-18)19-2-1-3-20-21(19)15-24(32)35-25(20)36-10-12-38-13-11-36/h1-9,14-15H,10-13H2,(H2,32,35)(H2,33,34,37). The van der Waals surface area contributed by atoms with Gasteiger partial charge in [0, 0.05) is 24.2 Å². The van der Waals surface area contributed by atoms with E-state index in [0.29, 0.717) is 56.0 Å². The minimum Gasteiger partial charge on any atom is -0.384 e. The maximum atomic E-state index is 14.0. The summed E-state index contributed by atoms with van der Waals surface area (Å²) in [5.41, 5.74) is 6.64. The van der Waals surface area contributed by atoms with Gasteiger partial charge in [0.25, 0.3) is 0 Å². The fourth-order valence-corrected chi connectivity index (χ4v) is 4.36. The molecule has 5 rings (SSSR count). The molecule has 0 spiro atoms. The van der Waals surface area contributed by atoms with Gasteiger partial charge >= 0.3 is 12.2 Å². The van der Waals surface area contributed by atoms with Crippen LogP contribution in [0, 0.1) is 5.82 Å². The lowest BCUT2D eigenvalue weighted by atomic mass is 9.98. The highest BCUT2D eigenvalue weighted by atomic mass is 19.4. The number of benzene rings is 3. The van der Waals surface area contributed by atoms with Crippen LogP contribution < -0.4 is 21.3 Å². The van der Waals surface area contributed by atoms with Crippen LogP contribution in [0.15, 0.2) is 66.7 Å². The predicted octanol–water partition coefficient (Wildman–Crippen LogP) is 6.12. The summed E-state index contributed by atoms with van der Waals surface area (Å²) in [7, 11) is 0. The van der Waals surface area contributed by atoms with Gasteiger partial charge in [-0.3, -0.25) is 0 Å². The monoisotopic (exact) mass is 525 g/mol. The van der Waals surface area contributed by atoms with E-state index in [4.69, 9.17) is 10.5 Å². The molecular weight excluding hydrogens is 502 g/mol. The molecule has 1 fully saturated rings. The number of nitrogen functional groups attached to an aromatic ring is 1. The number of amides is 2. The van der Waals surface area contributed by atoms with Crippen LogP contribution in [-0.2, 0) is 10.9 Å². The molecule has 38 heavy (non-hydrogen) atoms. The molecule has 1 aromatic heterocycles. The van der Waals surface area contributed by atoms with Crippen LogP contribution in [0.1, 0.15) is 5.56 Å². The van der Waals surface area contributed by atoms with Gasteiger partial charge in [-0.2, -0.15) is 13.2 Å². The van der Waals surface area contributed by atoms with E-state index < -0.39 is 29.3 Å². The Morgan fingerprint density at radius 2 is 1.68 bits per heavy atom. The highest BCUT2D eigenvalue weighted by Gasteiger charge is 2.31. The number of fused-ring (bicyclic) bond motifs is 1. The maximum absolute atomic E-state index is 14.0. The van der Waals surface area contributed by atoms with Gasteiger partial charge in [-0.25, -0.2) is 14.2 Å². The van der Waals surface area contributed by atoms with Crippen LogP contribution in [0.3, 0.4) is 0 Å². The first kappa shape index (κ1) is 25.3. The molecule has 3 aromatic carbocycles. The molecule has 7 nitrogen and oxygen atoms in total. The average molecular weight is 526 g/mol. The number of rotatable bonds is 4. The Balaban J connectivity index is 1.37. The van der Waals surface area contributed by atoms with Crippen molar-refractivity contribution in [3.05, 3.63) is 78.1 Å². The first-order valence-electron chi connectivity index (χ1n) is 11.8. The zero-order chi connectivity index (χ0) is 26.9. The van der Waals surface area contributed by atoms with E-state index in [-0.39, 0.29) is 0 Å². The van der Waals surface area contributed by atoms with E-state index in [1.807, 2.05) is 24.3 Å². The fraction of sp³-hybridized carbons (Fsp3) is 0.185. The van der Waals surface area contributed by atoms with Crippen LogP contribution in [0.4, 0.5) is 45.4 Å². The number of nitrogens with one attached hydrogen (secondary N) is 2. The average Bonchev–Trinajstić information content (AvgIpc) is 2.89. The summed E-state index contributed by atoms with van der Waals surface area (Å²) >= 11 is 0. The number of pyridine rings is 1. The third kappa shape index (κ3) is 5.32. The van der Waals surface area contributed by atoms with E-state index >= 15 is 0 Å². The number of ether oxygens (including phenoxy) is 1. The molecule has 2 amide bonds. The third-order valence-corrected chi connectivity index (χ3v) is 6.18. The van der Waals surface area contributed by atoms with Crippen molar-refractivity contribution in [3.8, 4) is 11.1 Å². The van der Waals surface area contributed by atoms with Crippen LogP contribution in [0.5, 0.6) is 0 Å². The molecule has 1 aliphatic rings. The minimum absolute atomic E-state index is 0.369. The SMILES string of the molecule is Nc1cc2c(-c3ccc(NC(=O)Nc4cc(C(F)(F)F)ccc4F)cc3)cccc2c(N2CCOCC2)n1. The van der Waals surface area contributed by atoms with Gasteiger partial charge in [-0.1, -0.05) is 30.3 Å². The normalized spacial score (nSPS) is 13.9. The molecule has 1 aliphatic heterocycles. The van der Waals surface area contributed by atoms with Crippen LogP contribution in [-0.4, -0.2) is 37.3 Å². The van der Waals surface area contributed by atoms with Gasteiger partial charge in [0.15, 0.2) is 0 Å². The predicted molar refractivity (Wildman–Crippen MR) is 139 cm³/mol. The number of anilines is 4. The number of alkyl halides is 3. The van der Waals surface area contributed by atoms with E-state index in [1.54, 1.807) is 24.3 Å². The van der Waals surface area contributed by atoms with Crippen molar-refractivity contribution in [1.82, 2.24) is 4.98 Å². The third-order valence-electron chi connectivity index (χ3n) is 6.18. The van der Waals surface area contributed by atoms with Gasteiger partial charge in [0.05, 0.1) is 24.5 Å². The molecular formula is C27H23F4N5O2. The Morgan fingerprint density at radius 1 is 0.947 bits per heavy atom. The molecule has 4 N–H and O–H groups in total. The smallest absolute Gasteiger partial charge is 0.384 e. The Morgan fingerprint density at radius 3 is 2.39 bits per heavy atom. The largest absolute Gasteiger partial charge is 0.416 e. The number of nitrogens with two attached hydrogens (primary N) is 1. The number of hydrogen-bond donors (Lipinski definition) is 3. The second-order valence-corrected chi connectivity index (χ2v) is 8.72. The second-order valence-electron chi connectivity index (χ2n) is 8.72. The lowest BCUT2D eigenvalue weighted by molar-refractivity contribution is -0.137. The number of carbonyl (C=O) groups excluding carboxylic acids is 1. The number of hydrogen-bond acceptors (Lipinski definition) is 5. The van der Waals surface area contributed by atoms with E-state index in [0.717, 1.165) is 27.7 Å². The molecule has 0 unspecified atom stereocenters. The van der Waals surface area contributed by atoms with E-state index in [9.17, 15) is 22.4 Å². The highest BCUT2D eigenvalue weighted by molar-refractivity contribution is 6.04. The first-order valence-corrected chi connectivity index (χ1v) is 11.8. The van der Waals surface area contributed by atoms with Gasteiger partial charge in [0.2, 0.25) is 0 Å². The lowest BCUT2D eigenvalue weighted by Gasteiger charge is -2.29. The van der Waals surface area contributed by atoms with Crippen molar-refractivity contribution in [2.24, 2.45) is 0 Å². The van der Waals surface area contributed by atoms with Gasteiger partial charge in [-0.15, -0.1) is 0 Å². The summed E-state index contributed by atoms with van der Waals surface area (Å²) in [6.07, 6.45) is -4.66. The van der Waals surface area contributed by atoms with Gasteiger partial charge in [0.1, 0.15) is 17.5 Å². The Hall–Kier alpha value is -4.38. The zero-order valence-corrected chi connectivity index (χ0v) is 20.0. The Labute approximate surface area is 215 Å². The second kappa shape index (κ2) is 10.2. The topological polar surface area (TPSA) is 92.5 Å². The van der Waals surface area contributed by atoms with Crippen molar-refractivity contribution >= 4 is 39.8 Å². The van der Waals surface area contributed by atoms with Crippen LogP contribution >= 0.6 is 0 Å². The summed E-state index contributed by atoms with van der Waals surface area (Å²) in [6, 6.07) is 15.5. The lowest BCUT2D eigenvalue weighted by Crippen LogP contribution is -2.37. The molecule has 2 heterocycles. The molecule has 1 saturated heterocycles. The molecule has 0 saturated carbocycles. The first-order chi connectivity index (χ1) is 18.2. The zero-order valence-electron chi connectivity index (χ0n) is 20.0. The van der Waals surface area contributed by atoms with Crippen molar-refractivity contribution in [2.75, 3.05) is 47.6 Å². The number of halogens is 4. The quantitative estimate of drug-likeness (QED) is 0.279. The minimum atomic E-state index is -4.66. The highest BCUT2D eigenvalue weighted by Crippen LogP contribution is 2.35. The fourth-order valence-electron chi connectivity index (χ4n) is 4.36. The molecule has 196 valence electrons. The van der Waals surface area contributed by atoms with Crippen molar-refractivity contribution < 1.29 is 27.1 Å². The summed E-state index contributed by atoms with van der Waals surface area (Å²) in [5.74, 6) is 0.204. The Bertz CT molecular complexity index is 1490. The van der Waals surface area contributed by atoms with Crippen molar-refractivity contribution in [3.63, 3.8) is 0 Å². The summed E-state index contributed by atoms with van der Waals surface area (Å²) in [4.78, 5) is 19.1. The number of nitrogens with zero attached hydrogens (tertiary/aromatic N) is 2. The summed E-state index contributed by atoms with van der Waals surface area (Å²) in [5, 5.41) is 6.50. The van der Waals surface area contributed by atoms with Gasteiger partial charge < -0.3 is 26.0 Å². The molecule has 0 bridgehead atoms. The Kier molecular flexibility index (Phi) is 6.77. The van der Waals surface area contributed by atoms with Crippen LogP contribution in [0.2, 0.25) is 0 Å². The van der Waals surface area contributed by atoms with Crippen LogP contribution in [0.25, 0.3) is 21.9 Å². The molecule has 11 heteroatoms. The summed E-state index contributed by atoms with van der Waals surface area (Å²) < 4.78 is 58.2. The number of morpholine rings is 1. The molecule has 4 aromatic rings. The van der Waals surface area contributed by atoms with Crippen molar-refractivity contribution in [1.29, 1.82) is 0 Å². The summed E-state index contributed by atoms with van der Waals surface area (Å²) in [6.45, 7) is 2.64. The number of carbonyl (C=O) groups is 1. The molecule has 0 radical (unpaired) electrons.